The molecule has 0 aromatic rings. The highest BCUT2D eigenvalue weighted by molar-refractivity contribution is 5.81. The molecule has 0 aromatic carbocycles. The second-order valence-electron chi connectivity index (χ2n) is 1.93. The maximum atomic E-state index is 10.6. The van der Waals surface area contributed by atoms with Crippen LogP contribution < -0.4 is 0 Å². The summed E-state index contributed by atoms with van der Waals surface area (Å²) in [5, 5.41) is 0. The van der Waals surface area contributed by atoms with E-state index in [1.807, 2.05) is 13.8 Å². The number of hydrogen-bond acceptors (Lipinski definition) is 3. The fraction of sp³-hybridized carbons (Fsp3) is 0.625. The molecule has 1 atom stereocenters. The van der Waals surface area contributed by atoms with E-state index in [4.69, 9.17) is 9.47 Å². The average Bonchev–Trinajstić information content (AvgIpc) is 2.03. The predicted octanol–water partition coefficient (Wildman–Crippen LogP) is 1.49. The molecule has 3 heteroatoms. The van der Waals surface area contributed by atoms with E-state index in [9.17, 15) is 4.79 Å². The van der Waals surface area contributed by atoms with E-state index in [2.05, 4.69) is 6.58 Å². The summed E-state index contributed by atoms with van der Waals surface area (Å²) >= 11 is 0. The normalized spacial score (nSPS) is 12.2. The van der Waals surface area contributed by atoms with Crippen molar-refractivity contribution in [3.05, 3.63) is 12.7 Å². The molecule has 0 spiro atoms. The van der Waals surface area contributed by atoms with E-state index < -0.39 is 12.3 Å². The summed E-state index contributed by atoms with van der Waals surface area (Å²) in [7, 11) is 0. The van der Waals surface area contributed by atoms with Crippen LogP contribution in [0.3, 0.4) is 0 Å². The van der Waals surface area contributed by atoms with Gasteiger partial charge in [0.05, 0.1) is 0 Å². The van der Waals surface area contributed by atoms with Crippen LogP contribution in [-0.4, -0.2) is 18.9 Å². The number of ether oxygens (including phenoxy) is 2. The number of carbonyl (C=O) groups is 1. The van der Waals surface area contributed by atoms with Crippen LogP contribution in [0.15, 0.2) is 12.7 Å². The maximum Gasteiger partial charge on any atom is 0.332 e. The van der Waals surface area contributed by atoms with Crippen molar-refractivity contribution in [2.75, 3.05) is 6.61 Å². The van der Waals surface area contributed by atoms with Gasteiger partial charge in [-0.3, -0.25) is 0 Å². The Balaban J connectivity index is 3.67. The van der Waals surface area contributed by atoms with Gasteiger partial charge in [-0.15, -0.1) is 0 Å². The summed E-state index contributed by atoms with van der Waals surface area (Å²) in [6.45, 7) is 7.56. The monoisotopic (exact) mass is 158 g/mol. The topological polar surface area (TPSA) is 35.5 Å². The van der Waals surface area contributed by atoms with Gasteiger partial charge in [-0.2, -0.15) is 0 Å². The first-order valence-electron chi connectivity index (χ1n) is 3.69. The molecule has 0 rings (SSSR count). The first-order valence-corrected chi connectivity index (χ1v) is 3.69. The van der Waals surface area contributed by atoms with Crippen molar-refractivity contribution in [1.29, 1.82) is 0 Å². The van der Waals surface area contributed by atoms with Gasteiger partial charge in [0, 0.05) is 19.1 Å². The minimum atomic E-state index is -0.440. The van der Waals surface area contributed by atoms with E-state index in [0.717, 1.165) is 6.08 Å². The molecule has 0 heterocycles. The number of carbonyl (C=O) groups excluding carboxylic acids is 1. The lowest BCUT2D eigenvalue weighted by Crippen LogP contribution is -2.19. The van der Waals surface area contributed by atoms with Gasteiger partial charge in [0.25, 0.3) is 0 Å². The molecule has 0 fully saturated rings. The first-order chi connectivity index (χ1) is 5.24. The van der Waals surface area contributed by atoms with Gasteiger partial charge < -0.3 is 9.47 Å². The summed E-state index contributed by atoms with van der Waals surface area (Å²) < 4.78 is 9.88. The van der Waals surface area contributed by atoms with Gasteiger partial charge in [0.15, 0.2) is 0 Å². The Morgan fingerprint density at radius 1 is 1.64 bits per heavy atom. The Morgan fingerprint density at radius 2 is 2.27 bits per heavy atom. The zero-order chi connectivity index (χ0) is 8.69. The van der Waals surface area contributed by atoms with Crippen molar-refractivity contribution in [3.8, 4) is 0 Å². The first kappa shape index (κ1) is 10.2. The van der Waals surface area contributed by atoms with Crippen LogP contribution in [-0.2, 0) is 14.3 Å². The van der Waals surface area contributed by atoms with Crippen LogP contribution >= 0.6 is 0 Å². The van der Waals surface area contributed by atoms with E-state index in [0.29, 0.717) is 13.0 Å². The van der Waals surface area contributed by atoms with Crippen LogP contribution in [0.4, 0.5) is 0 Å². The van der Waals surface area contributed by atoms with E-state index in [1.54, 1.807) is 0 Å². The third-order valence-electron chi connectivity index (χ3n) is 1.10. The van der Waals surface area contributed by atoms with Crippen molar-refractivity contribution in [2.24, 2.45) is 0 Å². The van der Waals surface area contributed by atoms with Crippen molar-refractivity contribution in [1.82, 2.24) is 0 Å². The third kappa shape index (κ3) is 4.56. The van der Waals surface area contributed by atoms with Crippen molar-refractivity contribution < 1.29 is 14.3 Å². The highest BCUT2D eigenvalue weighted by Gasteiger charge is 2.08. The summed E-state index contributed by atoms with van der Waals surface area (Å²) in [6, 6.07) is 0. The molecule has 0 bridgehead atoms. The molecule has 0 amide bonds. The molecule has 0 radical (unpaired) electrons. The maximum absolute atomic E-state index is 10.6. The van der Waals surface area contributed by atoms with Gasteiger partial charge in [0.1, 0.15) is 0 Å². The number of esters is 1. The van der Waals surface area contributed by atoms with E-state index in [-0.39, 0.29) is 0 Å². The van der Waals surface area contributed by atoms with Gasteiger partial charge in [-0.25, -0.2) is 4.79 Å². The molecule has 1 unspecified atom stereocenters. The molecule has 0 aliphatic rings. The van der Waals surface area contributed by atoms with E-state index in [1.165, 1.54) is 0 Å². The molecule has 0 saturated carbocycles. The lowest BCUT2D eigenvalue weighted by atomic mass is 10.5. The molecule has 64 valence electrons. The molecular formula is C8H14O3. The highest BCUT2D eigenvalue weighted by atomic mass is 16.7. The van der Waals surface area contributed by atoms with Crippen molar-refractivity contribution in [3.63, 3.8) is 0 Å². The molecule has 0 saturated heterocycles. The zero-order valence-corrected chi connectivity index (χ0v) is 7.00. The van der Waals surface area contributed by atoms with Gasteiger partial charge >= 0.3 is 5.97 Å². The lowest BCUT2D eigenvalue weighted by molar-refractivity contribution is -0.172. The van der Waals surface area contributed by atoms with Gasteiger partial charge in [0.2, 0.25) is 6.29 Å². The second kappa shape index (κ2) is 5.92. The van der Waals surface area contributed by atoms with Crippen LogP contribution in [0.5, 0.6) is 0 Å². The van der Waals surface area contributed by atoms with Crippen LogP contribution in [0, 0.1) is 0 Å². The zero-order valence-electron chi connectivity index (χ0n) is 7.00. The van der Waals surface area contributed by atoms with Crippen LogP contribution in [0.1, 0.15) is 20.3 Å². The highest BCUT2D eigenvalue weighted by Crippen LogP contribution is 2.00. The SMILES string of the molecule is C=CC(=O)OC(CC)OCC. The second-order valence-corrected chi connectivity index (χ2v) is 1.93. The average molecular weight is 158 g/mol. The molecule has 0 aliphatic carbocycles. The van der Waals surface area contributed by atoms with E-state index >= 15 is 0 Å². The molecule has 0 aliphatic heterocycles. The fourth-order valence-corrected chi connectivity index (χ4v) is 0.599. The molecule has 3 nitrogen and oxygen atoms in total. The Morgan fingerprint density at radius 3 is 2.64 bits per heavy atom. The fourth-order valence-electron chi connectivity index (χ4n) is 0.599. The predicted molar refractivity (Wildman–Crippen MR) is 42.0 cm³/mol. The van der Waals surface area contributed by atoms with Crippen LogP contribution in [0.2, 0.25) is 0 Å². The quantitative estimate of drug-likeness (QED) is 0.345. The third-order valence-corrected chi connectivity index (χ3v) is 1.10. The van der Waals surface area contributed by atoms with Crippen LogP contribution in [0.25, 0.3) is 0 Å². The summed E-state index contributed by atoms with van der Waals surface area (Å²) in [6.07, 6.45) is 1.36. The largest absolute Gasteiger partial charge is 0.433 e. The minimum absolute atomic E-state index is 0.425. The Labute approximate surface area is 67.0 Å². The molecule has 11 heavy (non-hydrogen) atoms. The number of rotatable bonds is 5. The summed E-state index contributed by atoms with van der Waals surface area (Å²) in [4.78, 5) is 10.6. The minimum Gasteiger partial charge on any atom is -0.433 e. The van der Waals surface area contributed by atoms with Gasteiger partial charge in [-0.1, -0.05) is 13.5 Å². The van der Waals surface area contributed by atoms with Crippen molar-refractivity contribution in [2.45, 2.75) is 26.6 Å². The molecule has 0 N–H and O–H groups in total. The Hall–Kier alpha value is -0.830. The smallest absolute Gasteiger partial charge is 0.332 e. The molecular weight excluding hydrogens is 144 g/mol. The lowest BCUT2D eigenvalue weighted by Gasteiger charge is -2.13. The number of hydrogen-bond donors (Lipinski definition) is 0. The molecule has 0 aromatic heterocycles. The summed E-state index contributed by atoms with van der Waals surface area (Å²) in [5.41, 5.74) is 0. The Bertz CT molecular complexity index is 131. The van der Waals surface area contributed by atoms with Gasteiger partial charge in [-0.05, 0) is 6.92 Å². The Kier molecular flexibility index (Phi) is 5.47. The summed E-state index contributed by atoms with van der Waals surface area (Å²) in [5.74, 6) is -0.440. The van der Waals surface area contributed by atoms with Crippen molar-refractivity contribution >= 4 is 5.97 Å². The standard InChI is InChI=1S/C8H14O3/c1-4-7(9)11-8(5-2)10-6-3/h4,8H,1,5-6H2,2-3H3.